The first-order chi connectivity index (χ1) is 12.5. The SMILES string of the molecule is CC(c1ccccc1F)N(CC(=O)NC(=O)NCc1ccco1)C1CC1. The van der Waals surface area contributed by atoms with Crippen LogP contribution in [0.5, 0.6) is 0 Å². The summed E-state index contributed by atoms with van der Waals surface area (Å²) in [5.74, 6) is -0.111. The molecule has 0 aliphatic heterocycles. The van der Waals surface area contributed by atoms with Gasteiger partial charge in [0, 0.05) is 17.6 Å². The highest BCUT2D eigenvalue weighted by Gasteiger charge is 2.35. The molecule has 1 heterocycles. The molecule has 1 aliphatic carbocycles. The lowest BCUT2D eigenvalue weighted by Gasteiger charge is -2.29. The van der Waals surface area contributed by atoms with Crippen molar-refractivity contribution < 1.29 is 18.4 Å². The second kappa shape index (κ2) is 8.14. The molecule has 1 atom stereocenters. The minimum Gasteiger partial charge on any atom is -0.467 e. The van der Waals surface area contributed by atoms with Gasteiger partial charge in [0.25, 0.3) is 0 Å². The Bertz CT molecular complexity index is 759. The minimum atomic E-state index is -0.583. The standard InChI is InChI=1S/C19H22FN3O3/c1-13(16-6-2-3-7-17(16)20)23(14-8-9-14)12-18(24)22-19(25)21-11-15-5-4-10-26-15/h2-7,10,13-14H,8-9,11-12H2,1H3,(H2,21,22,24,25). The predicted octanol–water partition coefficient (Wildman–Crippen LogP) is 2.97. The van der Waals surface area contributed by atoms with Crippen molar-refractivity contribution in [3.63, 3.8) is 0 Å². The van der Waals surface area contributed by atoms with Gasteiger partial charge in [-0.2, -0.15) is 0 Å². The van der Waals surface area contributed by atoms with E-state index in [2.05, 4.69) is 10.6 Å². The molecule has 0 spiro atoms. The van der Waals surface area contributed by atoms with Crippen molar-refractivity contribution in [3.8, 4) is 0 Å². The monoisotopic (exact) mass is 359 g/mol. The fourth-order valence-electron chi connectivity index (χ4n) is 2.94. The van der Waals surface area contributed by atoms with Crippen molar-refractivity contribution in [1.82, 2.24) is 15.5 Å². The van der Waals surface area contributed by atoms with E-state index in [9.17, 15) is 14.0 Å². The summed E-state index contributed by atoms with van der Waals surface area (Å²) in [6.07, 6.45) is 3.45. The van der Waals surface area contributed by atoms with Crippen LogP contribution in [0.15, 0.2) is 47.1 Å². The van der Waals surface area contributed by atoms with Gasteiger partial charge in [-0.15, -0.1) is 0 Å². The number of benzene rings is 1. The number of urea groups is 1. The molecule has 0 radical (unpaired) electrons. The summed E-state index contributed by atoms with van der Waals surface area (Å²) in [7, 11) is 0. The van der Waals surface area contributed by atoms with Crippen LogP contribution in [0.1, 0.15) is 37.1 Å². The second-order valence-corrected chi connectivity index (χ2v) is 6.41. The molecule has 138 valence electrons. The van der Waals surface area contributed by atoms with Crippen molar-refractivity contribution in [3.05, 3.63) is 59.8 Å². The molecule has 2 aromatic rings. The fraction of sp³-hybridized carbons (Fsp3) is 0.368. The predicted molar refractivity (Wildman–Crippen MR) is 93.6 cm³/mol. The van der Waals surface area contributed by atoms with Gasteiger partial charge in [-0.3, -0.25) is 15.0 Å². The van der Waals surface area contributed by atoms with Crippen LogP contribution in [0.3, 0.4) is 0 Å². The van der Waals surface area contributed by atoms with Gasteiger partial charge in [0.15, 0.2) is 0 Å². The average Bonchev–Trinajstić information content (AvgIpc) is 3.32. The Kier molecular flexibility index (Phi) is 5.68. The van der Waals surface area contributed by atoms with E-state index in [0.29, 0.717) is 11.3 Å². The first-order valence-corrected chi connectivity index (χ1v) is 8.65. The molecule has 1 aliphatic rings. The van der Waals surface area contributed by atoms with E-state index in [4.69, 9.17) is 4.42 Å². The van der Waals surface area contributed by atoms with Crippen LogP contribution >= 0.6 is 0 Å². The third kappa shape index (κ3) is 4.70. The maximum Gasteiger partial charge on any atom is 0.321 e. The van der Waals surface area contributed by atoms with Crippen LogP contribution in [-0.2, 0) is 11.3 Å². The lowest BCUT2D eigenvalue weighted by atomic mass is 10.1. The third-order valence-electron chi connectivity index (χ3n) is 4.45. The Morgan fingerprint density at radius 2 is 2.04 bits per heavy atom. The Balaban J connectivity index is 1.55. The van der Waals surface area contributed by atoms with Crippen LogP contribution in [0.2, 0.25) is 0 Å². The van der Waals surface area contributed by atoms with Crippen LogP contribution < -0.4 is 10.6 Å². The van der Waals surface area contributed by atoms with Gasteiger partial charge in [0.05, 0.1) is 19.4 Å². The Labute approximate surface area is 151 Å². The molecule has 26 heavy (non-hydrogen) atoms. The van der Waals surface area contributed by atoms with E-state index in [1.54, 1.807) is 30.3 Å². The van der Waals surface area contributed by atoms with Gasteiger partial charge in [-0.05, 0) is 38.0 Å². The molecule has 2 N–H and O–H groups in total. The molecular formula is C19H22FN3O3. The highest BCUT2D eigenvalue weighted by Crippen LogP contribution is 2.34. The fourth-order valence-corrected chi connectivity index (χ4v) is 2.94. The topological polar surface area (TPSA) is 74.6 Å². The number of halogens is 1. The molecule has 7 heteroatoms. The highest BCUT2D eigenvalue weighted by molar-refractivity contribution is 5.95. The van der Waals surface area contributed by atoms with E-state index >= 15 is 0 Å². The summed E-state index contributed by atoms with van der Waals surface area (Å²) in [4.78, 5) is 26.0. The van der Waals surface area contributed by atoms with E-state index in [-0.39, 0.29) is 31.0 Å². The summed E-state index contributed by atoms with van der Waals surface area (Å²) in [6, 6.07) is 9.42. The van der Waals surface area contributed by atoms with Gasteiger partial charge >= 0.3 is 6.03 Å². The van der Waals surface area contributed by atoms with E-state index in [0.717, 1.165) is 12.8 Å². The molecule has 0 saturated heterocycles. The molecule has 0 bridgehead atoms. The number of imide groups is 1. The third-order valence-corrected chi connectivity index (χ3v) is 4.45. The summed E-state index contributed by atoms with van der Waals surface area (Å²) < 4.78 is 19.2. The van der Waals surface area contributed by atoms with E-state index in [1.165, 1.54) is 12.3 Å². The Morgan fingerprint density at radius 1 is 1.27 bits per heavy atom. The summed E-state index contributed by atoms with van der Waals surface area (Å²) in [5.41, 5.74) is 0.550. The second-order valence-electron chi connectivity index (χ2n) is 6.41. The van der Waals surface area contributed by atoms with Crippen LogP contribution in [-0.4, -0.2) is 29.4 Å². The Morgan fingerprint density at radius 3 is 2.69 bits per heavy atom. The molecule has 1 aromatic carbocycles. The number of carbonyl (C=O) groups is 2. The van der Waals surface area contributed by atoms with Crippen molar-refractivity contribution >= 4 is 11.9 Å². The summed E-state index contributed by atoms with van der Waals surface area (Å²) >= 11 is 0. The molecule has 1 unspecified atom stereocenters. The number of nitrogens with one attached hydrogen (secondary N) is 2. The van der Waals surface area contributed by atoms with Crippen molar-refractivity contribution in [2.45, 2.75) is 38.4 Å². The van der Waals surface area contributed by atoms with Crippen molar-refractivity contribution in [2.24, 2.45) is 0 Å². The number of amides is 3. The van der Waals surface area contributed by atoms with Crippen LogP contribution in [0.25, 0.3) is 0 Å². The summed E-state index contributed by atoms with van der Waals surface area (Å²) in [5, 5.41) is 4.87. The van der Waals surface area contributed by atoms with Gasteiger partial charge in [-0.1, -0.05) is 18.2 Å². The van der Waals surface area contributed by atoms with Crippen LogP contribution in [0, 0.1) is 5.82 Å². The number of furan rings is 1. The number of carbonyl (C=O) groups excluding carboxylic acids is 2. The zero-order valence-corrected chi connectivity index (χ0v) is 14.6. The molecule has 1 aromatic heterocycles. The maximum atomic E-state index is 14.1. The summed E-state index contributed by atoms with van der Waals surface area (Å²) in [6.45, 7) is 2.11. The van der Waals surface area contributed by atoms with Crippen molar-refractivity contribution in [2.75, 3.05) is 6.54 Å². The van der Waals surface area contributed by atoms with E-state index < -0.39 is 11.9 Å². The molecule has 3 amide bonds. The van der Waals surface area contributed by atoms with Crippen molar-refractivity contribution in [1.29, 1.82) is 0 Å². The smallest absolute Gasteiger partial charge is 0.321 e. The minimum absolute atomic E-state index is 0.0361. The average molecular weight is 359 g/mol. The largest absolute Gasteiger partial charge is 0.467 e. The molecule has 1 fully saturated rings. The van der Waals surface area contributed by atoms with E-state index in [1.807, 2.05) is 11.8 Å². The Hall–Kier alpha value is -2.67. The zero-order valence-electron chi connectivity index (χ0n) is 14.6. The zero-order chi connectivity index (χ0) is 18.5. The highest BCUT2D eigenvalue weighted by atomic mass is 19.1. The normalized spacial score (nSPS) is 14.9. The number of rotatable bonds is 7. The number of hydrogen-bond acceptors (Lipinski definition) is 4. The molecule has 1 saturated carbocycles. The quantitative estimate of drug-likeness (QED) is 0.797. The van der Waals surface area contributed by atoms with Gasteiger partial charge < -0.3 is 9.73 Å². The van der Waals surface area contributed by atoms with Gasteiger partial charge in [-0.25, -0.2) is 9.18 Å². The lowest BCUT2D eigenvalue weighted by Crippen LogP contribution is -2.45. The first-order valence-electron chi connectivity index (χ1n) is 8.65. The first kappa shape index (κ1) is 18.1. The maximum absolute atomic E-state index is 14.1. The van der Waals surface area contributed by atoms with Gasteiger partial charge in [0.1, 0.15) is 11.6 Å². The number of nitrogens with zero attached hydrogens (tertiary/aromatic N) is 1. The van der Waals surface area contributed by atoms with Gasteiger partial charge in [0.2, 0.25) is 5.91 Å². The molecular weight excluding hydrogens is 337 g/mol. The molecule has 3 rings (SSSR count). The molecule has 6 nitrogen and oxygen atoms in total. The van der Waals surface area contributed by atoms with Crippen LogP contribution in [0.4, 0.5) is 9.18 Å². The lowest BCUT2D eigenvalue weighted by molar-refractivity contribution is -0.121. The number of hydrogen-bond donors (Lipinski definition) is 2.